The molecule has 1 aromatic carbocycles. The molecule has 0 aliphatic rings. The summed E-state index contributed by atoms with van der Waals surface area (Å²) >= 11 is 0. The van der Waals surface area contributed by atoms with Crippen molar-refractivity contribution in [3.05, 3.63) is 58.8 Å². The lowest BCUT2D eigenvalue weighted by atomic mass is 9.87. The number of esters is 1. The molecular weight excluding hydrogens is 390 g/mol. The molecule has 1 heterocycles. The van der Waals surface area contributed by atoms with Gasteiger partial charge in [-0.15, -0.1) is 0 Å². The lowest BCUT2D eigenvalue weighted by Gasteiger charge is -2.26. The predicted molar refractivity (Wildman–Crippen MR) is 108 cm³/mol. The number of carbonyl (C=O) groups is 2. The molecule has 2 aromatic rings. The average Bonchev–Trinajstić information content (AvgIpc) is 2.77. The number of hydrogen-bond donors (Lipinski definition) is 2. The quantitative estimate of drug-likeness (QED) is 0.536. The van der Waals surface area contributed by atoms with Crippen molar-refractivity contribution in [1.29, 1.82) is 0 Å². The van der Waals surface area contributed by atoms with E-state index in [1.165, 1.54) is 20.1 Å². The number of carboxylic acids is 1. The second-order valence-electron chi connectivity index (χ2n) is 6.68. The van der Waals surface area contributed by atoms with Crippen molar-refractivity contribution in [2.75, 3.05) is 13.7 Å². The van der Waals surface area contributed by atoms with Gasteiger partial charge in [-0.05, 0) is 24.5 Å². The van der Waals surface area contributed by atoms with Gasteiger partial charge in [0.05, 0.1) is 26.9 Å². The number of ether oxygens (including phenoxy) is 3. The number of aliphatic hydroxyl groups is 1. The van der Waals surface area contributed by atoms with Gasteiger partial charge in [0.25, 0.3) is 0 Å². The highest BCUT2D eigenvalue weighted by atomic mass is 16.5. The van der Waals surface area contributed by atoms with Gasteiger partial charge in [-0.1, -0.05) is 44.2 Å². The fourth-order valence-electron chi connectivity index (χ4n) is 2.90. The minimum atomic E-state index is -2.25. The monoisotopic (exact) mass is 417 g/mol. The molecule has 8 nitrogen and oxygen atoms in total. The van der Waals surface area contributed by atoms with Crippen LogP contribution in [-0.4, -0.2) is 40.9 Å². The molecule has 0 aliphatic heterocycles. The highest BCUT2D eigenvalue weighted by Crippen LogP contribution is 2.34. The number of pyridine rings is 1. The van der Waals surface area contributed by atoms with Crippen molar-refractivity contribution in [2.24, 2.45) is 0 Å². The normalized spacial score (nSPS) is 12.8. The van der Waals surface area contributed by atoms with E-state index in [0.29, 0.717) is 6.42 Å². The lowest BCUT2D eigenvalue weighted by Crippen LogP contribution is -2.36. The first-order valence-electron chi connectivity index (χ1n) is 9.70. The zero-order valence-corrected chi connectivity index (χ0v) is 17.4. The summed E-state index contributed by atoms with van der Waals surface area (Å²) in [7, 11) is 1.35. The minimum Gasteiger partial charge on any atom is -0.481 e. The number of benzene rings is 1. The summed E-state index contributed by atoms with van der Waals surface area (Å²) in [6.45, 7) is 3.77. The topological polar surface area (TPSA) is 115 Å². The minimum absolute atomic E-state index is 0.00265. The van der Waals surface area contributed by atoms with Gasteiger partial charge >= 0.3 is 11.9 Å². The number of methoxy groups -OCH3 is 1. The number of hydrogen-bond acceptors (Lipinski definition) is 7. The smallest absolute Gasteiger partial charge is 0.357 e. The van der Waals surface area contributed by atoms with Gasteiger partial charge in [0.15, 0.2) is 11.3 Å². The Morgan fingerprint density at radius 1 is 1.13 bits per heavy atom. The molecule has 0 fully saturated rings. The molecular formula is C22H27NO7. The first-order valence-corrected chi connectivity index (χ1v) is 9.70. The number of rotatable bonds is 11. The van der Waals surface area contributed by atoms with E-state index in [0.717, 1.165) is 5.56 Å². The van der Waals surface area contributed by atoms with Gasteiger partial charge in [0.2, 0.25) is 5.88 Å². The molecule has 0 saturated carbocycles. The molecule has 0 saturated heterocycles. The molecule has 2 N–H and O–H groups in total. The maximum Gasteiger partial charge on any atom is 0.357 e. The third-order valence-electron chi connectivity index (χ3n) is 4.60. The number of carboxylic acid groups (broad SMARTS) is 1. The SMILES string of the molecule is CCCOC(=O)c1cc(C(O)(CC)C(=O)O)c(COCc2ccccc2)c(OC)n1. The molecule has 162 valence electrons. The van der Waals surface area contributed by atoms with Crippen LogP contribution in [0, 0.1) is 0 Å². The van der Waals surface area contributed by atoms with Crippen LogP contribution in [0.1, 0.15) is 53.9 Å². The molecule has 1 aromatic heterocycles. The number of carbonyl (C=O) groups excluding carboxylic acids is 1. The third-order valence-corrected chi connectivity index (χ3v) is 4.60. The Labute approximate surface area is 175 Å². The van der Waals surface area contributed by atoms with E-state index in [9.17, 15) is 19.8 Å². The van der Waals surface area contributed by atoms with Crippen LogP contribution in [-0.2, 0) is 33.1 Å². The molecule has 0 bridgehead atoms. The van der Waals surface area contributed by atoms with E-state index < -0.39 is 17.5 Å². The van der Waals surface area contributed by atoms with E-state index in [1.807, 2.05) is 37.3 Å². The van der Waals surface area contributed by atoms with E-state index in [2.05, 4.69) is 4.98 Å². The fraction of sp³-hybridized carbons (Fsp3) is 0.409. The Bertz CT molecular complexity index is 869. The number of nitrogens with zero attached hydrogens (tertiary/aromatic N) is 1. The van der Waals surface area contributed by atoms with Crippen molar-refractivity contribution in [3.63, 3.8) is 0 Å². The van der Waals surface area contributed by atoms with E-state index in [-0.39, 0.29) is 48.9 Å². The average molecular weight is 417 g/mol. The molecule has 0 aliphatic carbocycles. The summed E-state index contributed by atoms with van der Waals surface area (Å²) in [4.78, 5) is 28.4. The molecule has 0 amide bonds. The number of aliphatic carboxylic acids is 1. The van der Waals surface area contributed by atoms with Gasteiger partial charge in [0, 0.05) is 11.1 Å². The van der Waals surface area contributed by atoms with Crippen LogP contribution >= 0.6 is 0 Å². The summed E-state index contributed by atoms with van der Waals surface area (Å²) < 4.78 is 16.1. The lowest BCUT2D eigenvalue weighted by molar-refractivity contribution is -0.160. The summed E-state index contributed by atoms with van der Waals surface area (Å²) in [5, 5.41) is 20.6. The van der Waals surface area contributed by atoms with Crippen LogP contribution in [0.25, 0.3) is 0 Å². The molecule has 1 atom stereocenters. The molecule has 0 radical (unpaired) electrons. The molecule has 1 unspecified atom stereocenters. The maximum absolute atomic E-state index is 12.3. The second-order valence-corrected chi connectivity index (χ2v) is 6.68. The molecule has 0 spiro atoms. The Morgan fingerprint density at radius 3 is 2.40 bits per heavy atom. The van der Waals surface area contributed by atoms with Crippen LogP contribution in [0.5, 0.6) is 5.88 Å². The van der Waals surface area contributed by atoms with Crippen LogP contribution in [0.2, 0.25) is 0 Å². The Kier molecular flexibility index (Phi) is 8.32. The van der Waals surface area contributed by atoms with Crippen molar-refractivity contribution >= 4 is 11.9 Å². The maximum atomic E-state index is 12.3. The van der Waals surface area contributed by atoms with Crippen LogP contribution < -0.4 is 4.74 Å². The van der Waals surface area contributed by atoms with Gasteiger partial charge in [0.1, 0.15) is 0 Å². The van der Waals surface area contributed by atoms with Gasteiger partial charge in [-0.3, -0.25) is 0 Å². The van der Waals surface area contributed by atoms with E-state index >= 15 is 0 Å². The zero-order chi connectivity index (χ0) is 22.1. The largest absolute Gasteiger partial charge is 0.481 e. The zero-order valence-electron chi connectivity index (χ0n) is 17.4. The highest BCUT2D eigenvalue weighted by Gasteiger charge is 2.40. The summed E-state index contributed by atoms with van der Waals surface area (Å²) in [5.74, 6) is -2.18. The van der Waals surface area contributed by atoms with Gasteiger partial charge in [-0.2, -0.15) is 0 Å². The molecule has 8 heteroatoms. The van der Waals surface area contributed by atoms with Crippen molar-refractivity contribution in [1.82, 2.24) is 4.98 Å². The second kappa shape index (κ2) is 10.7. The first-order chi connectivity index (χ1) is 14.4. The Hall–Kier alpha value is -2.97. The standard InChI is InChI=1S/C22H27NO7/c1-4-11-30-20(24)18-12-17(22(27,5-2)21(25)26)16(19(23-18)28-3)14-29-13-15-9-7-6-8-10-15/h6-10,12,27H,4-5,11,13-14H2,1-3H3,(H,25,26). The summed E-state index contributed by atoms with van der Waals surface area (Å²) in [5.41, 5.74) is -1.22. The predicted octanol–water partition coefficient (Wildman–Crippen LogP) is 3.06. The van der Waals surface area contributed by atoms with E-state index in [1.54, 1.807) is 0 Å². The highest BCUT2D eigenvalue weighted by molar-refractivity contribution is 5.89. The van der Waals surface area contributed by atoms with Crippen LogP contribution in [0.15, 0.2) is 36.4 Å². The van der Waals surface area contributed by atoms with Crippen LogP contribution in [0.4, 0.5) is 0 Å². The Morgan fingerprint density at radius 2 is 1.83 bits per heavy atom. The summed E-state index contributed by atoms with van der Waals surface area (Å²) in [6.07, 6.45) is 0.486. The molecule has 2 rings (SSSR count). The van der Waals surface area contributed by atoms with Gasteiger partial charge in [-0.25, -0.2) is 14.6 Å². The first kappa shape index (κ1) is 23.3. The van der Waals surface area contributed by atoms with Crippen molar-refractivity contribution in [3.8, 4) is 5.88 Å². The van der Waals surface area contributed by atoms with Crippen LogP contribution in [0.3, 0.4) is 0 Å². The van der Waals surface area contributed by atoms with E-state index in [4.69, 9.17) is 14.2 Å². The fourth-order valence-corrected chi connectivity index (χ4v) is 2.90. The number of aromatic nitrogens is 1. The Balaban J connectivity index is 2.46. The van der Waals surface area contributed by atoms with Gasteiger partial charge < -0.3 is 24.4 Å². The molecule has 30 heavy (non-hydrogen) atoms. The third kappa shape index (κ3) is 5.34. The summed E-state index contributed by atoms with van der Waals surface area (Å²) in [6, 6.07) is 10.7. The van der Waals surface area contributed by atoms with Crippen molar-refractivity contribution in [2.45, 2.75) is 45.5 Å². The van der Waals surface area contributed by atoms with Crippen molar-refractivity contribution < 1.29 is 34.0 Å².